The molecule has 1 aliphatic carbocycles. The fraction of sp³-hybridized carbons (Fsp3) is 0.600. The first kappa shape index (κ1) is 7.87. The first-order valence-electron chi connectivity index (χ1n) is 4.59. The highest BCUT2D eigenvalue weighted by molar-refractivity contribution is 5.27. The van der Waals surface area contributed by atoms with E-state index in [4.69, 9.17) is 10.2 Å². The molecule has 12 heavy (non-hydrogen) atoms. The number of fused-ring (bicyclic) bond motifs is 1. The van der Waals surface area contributed by atoms with Crippen LogP contribution in [0.1, 0.15) is 30.6 Å². The van der Waals surface area contributed by atoms with Gasteiger partial charge in [-0.3, -0.25) is 0 Å². The molecule has 1 aromatic rings. The Balaban J connectivity index is 2.23. The average molecular weight is 165 g/mol. The fourth-order valence-corrected chi connectivity index (χ4v) is 2.18. The van der Waals surface area contributed by atoms with Gasteiger partial charge in [0.25, 0.3) is 0 Å². The highest BCUT2D eigenvalue weighted by Gasteiger charge is 2.31. The lowest BCUT2D eigenvalue weighted by molar-refractivity contribution is 0.396. The fourth-order valence-electron chi connectivity index (χ4n) is 2.18. The van der Waals surface area contributed by atoms with E-state index in [0.717, 1.165) is 19.4 Å². The van der Waals surface area contributed by atoms with Crippen molar-refractivity contribution in [3.05, 3.63) is 23.7 Å². The van der Waals surface area contributed by atoms with Crippen LogP contribution >= 0.6 is 0 Å². The standard InChI is InChI=1S/C10H15NO/c1-7-6-8-3-5-12-10(8)9(7)2-4-11/h3,5,7,9H,2,4,6,11H2,1H3. The molecule has 2 unspecified atom stereocenters. The van der Waals surface area contributed by atoms with E-state index in [2.05, 4.69) is 13.0 Å². The Morgan fingerprint density at radius 1 is 1.67 bits per heavy atom. The third kappa shape index (κ3) is 1.07. The second-order valence-electron chi connectivity index (χ2n) is 3.68. The van der Waals surface area contributed by atoms with E-state index in [-0.39, 0.29) is 0 Å². The molecule has 0 aliphatic heterocycles. The van der Waals surface area contributed by atoms with Crippen LogP contribution in [0.3, 0.4) is 0 Å². The molecule has 2 rings (SSSR count). The number of furan rings is 1. The van der Waals surface area contributed by atoms with Gasteiger partial charge in [0.2, 0.25) is 0 Å². The summed E-state index contributed by atoms with van der Waals surface area (Å²) in [4.78, 5) is 0. The molecule has 2 atom stereocenters. The van der Waals surface area contributed by atoms with E-state index in [1.54, 1.807) is 6.26 Å². The summed E-state index contributed by atoms with van der Waals surface area (Å²) < 4.78 is 5.46. The second kappa shape index (κ2) is 2.94. The minimum absolute atomic E-state index is 0.569. The van der Waals surface area contributed by atoms with Crippen LogP contribution in [0.15, 0.2) is 16.7 Å². The van der Waals surface area contributed by atoms with Gasteiger partial charge in [0.15, 0.2) is 0 Å². The van der Waals surface area contributed by atoms with Gasteiger partial charge in [-0.15, -0.1) is 0 Å². The zero-order valence-corrected chi connectivity index (χ0v) is 7.42. The number of hydrogen-bond donors (Lipinski definition) is 1. The minimum atomic E-state index is 0.569. The normalized spacial score (nSPS) is 27.5. The molecule has 0 bridgehead atoms. The average Bonchev–Trinajstić information content (AvgIpc) is 2.56. The SMILES string of the molecule is CC1Cc2ccoc2C1CCN. The van der Waals surface area contributed by atoms with E-state index in [0.29, 0.717) is 11.8 Å². The molecule has 0 saturated carbocycles. The van der Waals surface area contributed by atoms with Crippen LogP contribution in [0, 0.1) is 5.92 Å². The first-order valence-corrected chi connectivity index (χ1v) is 4.59. The third-order valence-corrected chi connectivity index (χ3v) is 2.82. The Morgan fingerprint density at radius 2 is 2.50 bits per heavy atom. The van der Waals surface area contributed by atoms with E-state index in [9.17, 15) is 0 Å². The van der Waals surface area contributed by atoms with Gasteiger partial charge in [-0.1, -0.05) is 6.92 Å². The molecule has 1 aromatic heterocycles. The van der Waals surface area contributed by atoms with E-state index in [1.165, 1.54) is 11.3 Å². The molecule has 66 valence electrons. The summed E-state index contributed by atoms with van der Waals surface area (Å²) in [6.45, 7) is 3.03. The van der Waals surface area contributed by atoms with Crippen LogP contribution in [-0.4, -0.2) is 6.54 Å². The monoisotopic (exact) mass is 165 g/mol. The Hall–Kier alpha value is -0.760. The quantitative estimate of drug-likeness (QED) is 0.727. The van der Waals surface area contributed by atoms with Crippen molar-refractivity contribution in [2.75, 3.05) is 6.54 Å². The zero-order chi connectivity index (χ0) is 8.55. The van der Waals surface area contributed by atoms with Crippen LogP contribution in [-0.2, 0) is 6.42 Å². The number of rotatable bonds is 2. The minimum Gasteiger partial charge on any atom is -0.469 e. The van der Waals surface area contributed by atoms with Gasteiger partial charge in [0.1, 0.15) is 5.76 Å². The topological polar surface area (TPSA) is 39.2 Å². The summed E-state index contributed by atoms with van der Waals surface area (Å²) >= 11 is 0. The molecule has 1 aliphatic rings. The van der Waals surface area contributed by atoms with Gasteiger partial charge in [0.05, 0.1) is 6.26 Å². The highest BCUT2D eigenvalue weighted by Crippen LogP contribution is 2.39. The molecule has 0 fully saturated rings. The lowest BCUT2D eigenvalue weighted by Gasteiger charge is -2.12. The predicted octanol–water partition coefficient (Wildman–Crippen LogP) is 1.90. The van der Waals surface area contributed by atoms with Crippen molar-refractivity contribution in [2.24, 2.45) is 11.7 Å². The van der Waals surface area contributed by atoms with Crippen LogP contribution < -0.4 is 5.73 Å². The van der Waals surface area contributed by atoms with Gasteiger partial charge in [0, 0.05) is 5.92 Å². The molecule has 0 spiro atoms. The first-order chi connectivity index (χ1) is 5.83. The molecular formula is C10H15NO. The van der Waals surface area contributed by atoms with Crippen molar-refractivity contribution in [1.82, 2.24) is 0 Å². The molecule has 0 amide bonds. The van der Waals surface area contributed by atoms with E-state index >= 15 is 0 Å². The van der Waals surface area contributed by atoms with E-state index < -0.39 is 0 Å². The molecule has 2 N–H and O–H groups in total. The third-order valence-electron chi connectivity index (χ3n) is 2.82. The van der Waals surface area contributed by atoms with Crippen LogP contribution in [0.25, 0.3) is 0 Å². The van der Waals surface area contributed by atoms with Gasteiger partial charge in [-0.2, -0.15) is 0 Å². The summed E-state index contributed by atoms with van der Waals surface area (Å²) in [5.74, 6) is 2.47. The second-order valence-corrected chi connectivity index (χ2v) is 3.68. The van der Waals surface area contributed by atoms with Gasteiger partial charge >= 0.3 is 0 Å². The number of hydrogen-bond acceptors (Lipinski definition) is 2. The van der Waals surface area contributed by atoms with Crippen molar-refractivity contribution >= 4 is 0 Å². The smallest absolute Gasteiger partial charge is 0.110 e. The Kier molecular flexibility index (Phi) is 1.93. The molecule has 0 radical (unpaired) electrons. The molecule has 0 saturated heterocycles. The summed E-state index contributed by atoms with van der Waals surface area (Å²) in [7, 11) is 0. The maximum absolute atomic E-state index is 5.55. The van der Waals surface area contributed by atoms with E-state index in [1.807, 2.05) is 0 Å². The maximum Gasteiger partial charge on any atom is 0.110 e. The van der Waals surface area contributed by atoms with Crippen molar-refractivity contribution in [2.45, 2.75) is 25.7 Å². The lowest BCUT2D eigenvalue weighted by Crippen LogP contribution is -2.10. The Morgan fingerprint density at radius 3 is 3.25 bits per heavy atom. The Labute approximate surface area is 72.7 Å². The Bertz CT molecular complexity index is 267. The van der Waals surface area contributed by atoms with Crippen LogP contribution in [0.5, 0.6) is 0 Å². The summed E-state index contributed by atoms with van der Waals surface area (Å²) in [5.41, 5.74) is 6.94. The molecule has 2 heteroatoms. The van der Waals surface area contributed by atoms with Crippen LogP contribution in [0.2, 0.25) is 0 Å². The summed E-state index contributed by atoms with van der Waals surface area (Å²) in [6, 6.07) is 2.09. The van der Waals surface area contributed by atoms with Crippen molar-refractivity contribution in [3.63, 3.8) is 0 Å². The van der Waals surface area contributed by atoms with Gasteiger partial charge in [-0.05, 0) is 36.9 Å². The number of nitrogens with two attached hydrogens (primary N) is 1. The van der Waals surface area contributed by atoms with Crippen molar-refractivity contribution in [3.8, 4) is 0 Å². The van der Waals surface area contributed by atoms with Crippen LogP contribution in [0.4, 0.5) is 0 Å². The molecular weight excluding hydrogens is 150 g/mol. The zero-order valence-electron chi connectivity index (χ0n) is 7.42. The predicted molar refractivity (Wildman–Crippen MR) is 48.0 cm³/mol. The van der Waals surface area contributed by atoms with Crippen molar-refractivity contribution in [1.29, 1.82) is 0 Å². The summed E-state index contributed by atoms with van der Waals surface area (Å²) in [6.07, 6.45) is 4.01. The van der Waals surface area contributed by atoms with Gasteiger partial charge in [-0.25, -0.2) is 0 Å². The summed E-state index contributed by atoms with van der Waals surface area (Å²) in [5, 5.41) is 0. The highest BCUT2D eigenvalue weighted by atomic mass is 16.3. The molecule has 1 heterocycles. The maximum atomic E-state index is 5.55. The molecule has 2 nitrogen and oxygen atoms in total. The lowest BCUT2D eigenvalue weighted by atomic mass is 9.94. The molecule has 0 aromatic carbocycles. The van der Waals surface area contributed by atoms with Gasteiger partial charge < -0.3 is 10.2 Å². The largest absolute Gasteiger partial charge is 0.469 e. The van der Waals surface area contributed by atoms with Crippen molar-refractivity contribution < 1.29 is 4.42 Å².